The molecule has 0 saturated heterocycles. The molecule has 1 aromatic heterocycles. The lowest BCUT2D eigenvalue weighted by Gasteiger charge is -1.99. The summed E-state index contributed by atoms with van der Waals surface area (Å²) in [5.41, 5.74) is 6.96. The highest BCUT2D eigenvalue weighted by Crippen LogP contribution is 2.13. The Hall–Kier alpha value is -0.830. The van der Waals surface area contributed by atoms with E-state index in [1.54, 1.807) is 0 Å². The van der Waals surface area contributed by atoms with Crippen LogP contribution in [0.3, 0.4) is 0 Å². The van der Waals surface area contributed by atoms with Gasteiger partial charge in [-0.3, -0.25) is 0 Å². The molecule has 0 aromatic carbocycles. The van der Waals surface area contributed by atoms with Gasteiger partial charge in [0.2, 0.25) is 0 Å². The highest BCUT2D eigenvalue weighted by molar-refractivity contribution is 5.09. The van der Waals surface area contributed by atoms with Crippen molar-refractivity contribution in [2.75, 3.05) is 0 Å². The second-order valence-corrected chi connectivity index (χ2v) is 2.89. The van der Waals surface area contributed by atoms with Gasteiger partial charge in [-0.2, -0.15) is 0 Å². The van der Waals surface area contributed by atoms with Crippen molar-refractivity contribution in [3.8, 4) is 0 Å². The Morgan fingerprint density at radius 1 is 1.80 bits per heavy atom. The molecule has 1 aliphatic heterocycles. The van der Waals surface area contributed by atoms with Crippen LogP contribution in [-0.2, 0) is 13.0 Å². The number of aromatic nitrogens is 2. The number of fused-ring (bicyclic) bond motifs is 1. The summed E-state index contributed by atoms with van der Waals surface area (Å²) in [6.45, 7) is 3.01. The van der Waals surface area contributed by atoms with E-state index >= 15 is 0 Å². The fourth-order valence-corrected chi connectivity index (χ4v) is 1.46. The molecule has 0 bridgehead atoms. The summed E-state index contributed by atoms with van der Waals surface area (Å²) in [6.07, 6.45) is 2.84. The van der Waals surface area contributed by atoms with Gasteiger partial charge in [-0.25, -0.2) is 4.98 Å². The lowest BCUT2D eigenvalue weighted by molar-refractivity contribution is 0.631. The highest BCUT2D eigenvalue weighted by Gasteiger charge is 2.19. The van der Waals surface area contributed by atoms with Crippen molar-refractivity contribution < 1.29 is 0 Å². The standard InChI is InChI=1S/C7H11N3/c1-5-3-9-7-2-6(8)4-10(5)7/h3,6H,2,4,8H2,1H3. The zero-order chi connectivity index (χ0) is 7.14. The van der Waals surface area contributed by atoms with Crippen molar-refractivity contribution in [1.29, 1.82) is 0 Å². The lowest BCUT2D eigenvalue weighted by Crippen LogP contribution is -2.21. The fourth-order valence-electron chi connectivity index (χ4n) is 1.46. The van der Waals surface area contributed by atoms with Gasteiger partial charge in [0, 0.05) is 30.9 Å². The molecule has 2 N–H and O–H groups in total. The van der Waals surface area contributed by atoms with E-state index in [0.717, 1.165) is 18.8 Å². The van der Waals surface area contributed by atoms with Gasteiger partial charge in [-0.05, 0) is 6.92 Å². The predicted octanol–water partition coefficient (Wildman–Crippen LogP) is 0.0749. The van der Waals surface area contributed by atoms with Crippen LogP contribution in [0.1, 0.15) is 11.5 Å². The van der Waals surface area contributed by atoms with Gasteiger partial charge in [0.05, 0.1) is 0 Å². The molecule has 54 valence electrons. The minimum atomic E-state index is 0.294. The molecular weight excluding hydrogens is 126 g/mol. The maximum atomic E-state index is 5.74. The van der Waals surface area contributed by atoms with Crippen LogP contribution in [0.25, 0.3) is 0 Å². The molecule has 2 rings (SSSR count). The second kappa shape index (κ2) is 1.83. The van der Waals surface area contributed by atoms with E-state index < -0.39 is 0 Å². The zero-order valence-corrected chi connectivity index (χ0v) is 6.04. The van der Waals surface area contributed by atoms with Crippen molar-refractivity contribution >= 4 is 0 Å². The molecule has 1 unspecified atom stereocenters. The van der Waals surface area contributed by atoms with Gasteiger partial charge in [0.15, 0.2) is 0 Å². The molecule has 2 heterocycles. The number of hydrogen-bond acceptors (Lipinski definition) is 2. The van der Waals surface area contributed by atoms with E-state index in [1.807, 2.05) is 6.20 Å². The highest BCUT2D eigenvalue weighted by atomic mass is 15.1. The van der Waals surface area contributed by atoms with Crippen molar-refractivity contribution in [2.24, 2.45) is 5.73 Å². The molecule has 0 spiro atoms. The molecular formula is C7H11N3. The quantitative estimate of drug-likeness (QED) is 0.550. The summed E-state index contributed by atoms with van der Waals surface area (Å²) in [5.74, 6) is 1.14. The van der Waals surface area contributed by atoms with E-state index in [9.17, 15) is 0 Å². The molecule has 0 fully saturated rings. The van der Waals surface area contributed by atoms with Crippen molar-refractivity contribution in [3.63, 3.8) is 0 Å². The number of nitrogens with zero attached hydrogens (tertiary/aromatic N) is 2. The Kier molecular flexibility index (Phi) is 1.08. The average Bonchev–Trinajstić information content (AvgIpc) is 2.35. The first kappa shape index (κ1) is 5.92. The first-order chi connectivity index (χ1) is 4.77. The molecule has 3 nitrogen and oxygen atoms in total. The van der Waals surface area contributed by atoms with Gasteiger partial charge in [-0.1, -0.05) is 0 Å². The van der Waals surface area contributed by atoms with Crippen molar-refractivity contribution in [2.45, 2.75) is 25.9 Å². The maximum absolute atomic E-state index is 5.74. The molecule has 0 saturated carbocycles. The van der Waals surface area contributed by atoms with Crippen LogP contribution in [0, 0.1) is 6.92 Å². The van der Waals surface area contributed by atoms with Gasteiger partial charge >= 0.3 is 0 Å². The summed E-state index contributed by atoms with van der Waals surface area (Å²) in [6, 6.07) is 0.294. The summed E-state index contributed by atoms with van der Waals surface area (Å²) < 4.78 is 2.19. The Morgan fingerprint density at radius 3 is 3.30 bits per heavy atom. The average molecular weight is 137 g/mol. The maximum Gasteiger partial charge on any atom is 0.110 e. The van der Waals surface area contributed by atoms with Crippen molar-refractivity contribution in [1.82, 2.24) is 9.55 Å². The third kappa shape index (κ3) is 0.671. The minimum absolute atomic E-state index is 0.294. The number of hydrogen-bond donors (Lipinski definition) is 1. The van der Waals surface area contributed by atoms with E-state index in [4.69, 9.17) is 5.73 Å². The van der Waals surface area contributed by atoms with E-state index in [2.05, 4.69) is 16.5 Å². The molecule has 10 heavy (non-hydrogen) atoms. The lowest BCUT2D eigenvalue weighted by atomic mass is 10.3. The Morgan fingerprint density at radius 2 is 2.60 bits per heavy atom. The topological polar surface area (TPSA) is 43.8 Å². The summed E-state index contributed by atoms with van der Waals surface area (Å²) in [5, 5.41) is 0. The number of imidazole rings is 1. The van der Waals surface area contributed by atoms with E-state index in [-0.39, 0.29) is 0 Å². The SMILES string of the molecule is Cc1cnc2n1CC(N)C2. The van der Waals surface area contributed by atoms with Crippen LogP contribution in [-0.4, -0.2) is 15.6 Å². The molecule has 0 radical (unpaired) electrons. The monoisotopic (exact) mass is 137 g/mol. The zero-order valence-electron chi connectivity index (χ0n) is 6.04. The van der Waals surface area contributed by atoms with Crippen LogP contribution in [0.15, 0.2) is 6.20 Å². The molecule has 3 heteroatoms. The summed E-state index contributed by atoms with van der Waals surface area (Å²) in [4.78, 5) is 4.23. The largest absolute Gasteiger partial charge is 0.331 e. The van der Waals surface area contributed by atoms with Crippen LogP contribution in [0.5, 0.6) is 0 Å². The molecule has 0 amide bonds. The van der Waals surface area contributed by atoms with E-state index in [1.165, 1.54) is 5.69 Å². The van der Waals surface area contributed by atoms with Crippen molar-refractivity contribution in [3.05, 3.63) is 17.7 Å². The van der Waals surface area contributed by atoms with Gasteiger partial charge in [0.25, 0.3) is 0 Å². The summed E-state index contributed by atoms with van der Waals surface area (Å²) in [7, 11) is 0. The third-order valence-electron chi connectivity index (χ3n) is 2.00. The Labute approximate surface area is 59.9 Å². The van der Waals surface area contributed by atoms with Crippen LogP contribution in [0.2, 0.25) is 0 Å². The molecule has 1 atom stereocenters. The smallest absolute Gasteiger partial charge is 0.110 e. The Bertz CT molecular complexity index is 251. The normalized spacial score (nSPS) is 23.2. The van der Waals surface area contributed by atoms with E-state index in [0.29, 0.717) is 6.04 Å². The van der Waals surface area contributed by atoms with Crippen LogP contribution < -0.4 is 5.73 Å². The summed E-state index contributed by atoms with van der Waals surface area (Å²) >= 11 is 0. The molecule has 0 aliphatic carbocycles. The minimum Gasteiger partial charge on any atom is -0.331 e. The number of rotatable bonds is 0. The van der Waals surface area contributed by atoms with Gasteiger partial charge < -0.3 is 10.3 Å². The second-order valence-electron chi connectivity index (χ2n) is 2.89. The first-order valence-corrected chi connectivity index (χ1v) is 3.54. The number of aryl methyl sites for hydroxylation is 1. The molecule has 1 aliphatic rings. The Balaban J connectivity index is 2.44. The van der Waals surface area contributed by atoms with Crippen LogP contribution in [0.4, 0.5) is 0 Å². The van der Waals surface area contributed by atoms with Crippen LogP contribution >= 0.6 is 0 Å². The van der Waals surface area contributed by atoms with Gasteiger partial charge in [0.1, 0.15) is 5.82 Å². The number of nitrogens with two attached hydrogens (primary N) is 1. The fraction of sp³-hybridized carbons (Fsp3) is 0.571. The first-order valence-electron chi connectivity index (χ1n) is 3.54. The third-order valence-corrected chi connectivity index (χ3v) is 2.00. The predicted molar refractivity (Wildman–Crippen MR) is 38.6 cm³/mol. The molecule has 1 aromatic rings. The van der Waals surface area contributed by atoms with Gasteiger partial charge in [-0.15, -0.1) is 0 Å².